The number of carbonyl (C=O) groups is 3. The summed E-state index contributed by atoms with van der Waals surface area (Å²) in [6.45, 7) is 4.71. The Morgan fingerprint density at radius 3 is 2.36 bits per heavy atom. The second-order valence-electron chi connectivity index (χ2n) is 9.54. The van der Waals surface area contributed by atoms with Crippen LogP contribution in [0.1, 0.15) is 49.3 Å². The van der Waals surface area contributed by atoms with Crippen LogP contribution < -0.4 is 0 Å². The summed E-state index contributed by atoms with van der Waals surface area (Å²) in [4.78, 5) is 38.2. The van der Waals surface area contributed by atoms with Crippen LogP contribution in [0, 0.1) is 31.6 Å². The number of allylic oxidation sites excluding steroid dienone is 1. The van der Waals surface area contributed by atoms with Gasteiger partial charge in [-0.2, -0.15) is 4.90 Å². The number of phenols is 1. The number of carbonyl (C=O) groups excluding carboxylic acids is 3. The molecule has 1 heterocycles. The third kappa shape index (κ3) is 5.09. The van der Waals surface area contributed by atoms with E-state index in [2.05, 4.69) is 4.74 Å². The zero-order chi connectivity index (χ0) is 26.7. The van der Waals surface area contributed by atoms with Gasteiger partial charge in [-0.25, -0.2) is 4.79 Å². The Balaban J connectivity index is 1.85. The Morgan fingerprint density at radius 2 is 1.83 bits per heavy atom. The Kier molecular flexibility index (Phi) is 8.71. The number of fused-ring (bicyclic) bond motifs is 1. The summed E-state index contributed by atoms with van der Waals surface area (Å²) < 4.78 is 4.58. The molecule has 0 saturated carbocycles. The van der Waals surface area contributed by atoms with E-state index in [1.165, 1.54) is 0 Å². The molecule has 1 fully saturated rings. The summed E-state index contributed by atoms with van der Waals surface area (Å²) in [5.41, 5.74) is 4.31. The number of imide groups is 3. The predicted molar refractivity (Wildman–Crippen MR) is 132 cm³/mol. The van der Waals surface area contributed by atoms with E-state index >= 15 is 0 Å². The molecule has 1 aliphatic heterocycles. The van der Waals surface area contributed by atoms with Crippen molar-refractivity contribution in [2.75, 3.05) is 20.3 Å². The van der Waals surface area contributed by atoms with E-state index < -0.39 is 55.0 Å². The zero-order valence-corrected chi connectivity index (χ0v) is 21.2. The third-order valence-corrected chi connectivity index (χ3v) is 7.37. The fourth-order valence-corrected chi connectivity index (χ4v) is 5.51. The van der Waals surface area contributed by atoms with E-state index in [1.807, 2.05) is 39.0 Å². The van der Waals surface area contributed by atoms with Gasteiger partial charge in [0.1, 0.15) is 5.75 Å². The van der Waals surface area contributed by atoms with Crippen molar-refractivity contribution >= 4 is 24.0 Å². The Hall–Kier alpha value is -3.01. The minimum atomic E-state index is -1.08. The van der Waals surface area contributed by atoms with Crippen LogP contribution in [0.5, 0.6) is 5.75 Å². The number of methoxy groups -OCH3 is 1. The van der Waals surface area contributed by atoms with Gasteiger partial charge in [0, 0.05) is 5.92 Å². The lowest BCUT2D eigenvalue weighted by atomic mass is 9.68. The van der Waals surface area contributed by atoms with Crippen LogP contribution in [0.15, 0.2) is 28.9 Å². The molecule has 2 aliphatic rings. The summed E-state index contributed by atoms with van der Waals surface area (Å²) in [6.07, 6.45) is 1.43. The number of aromatic hydroxyl groups is 1. The maximum atomic E-state index is 13.0. The van der Waals surface area contributed by atoms with E-state index in [4.69, 9.17) is 0 Å². The summed E-state index contributed by atoms with van der Waals surface area (Å²) >= 11 is 0. The van der Waals surface area contributed by atoms with Crippen molar-refractivity contribution < 1.29 is 39.5 Å². The van der Waals surface area contributed by atoms with Crippen molar-refractivity contribution in [2.24, 2.45) is 17.8 Å². The van der Waals surface area contributed by atoms with Crippen molar-refractivity contribution in [1.82, 2.24) is 4.90 Å². The normalized spacial score (nSPS) is 23.2. The molecule has 4 atom stereocenters. The van der Waals surface area contributed by atoms with Crippen LogP contribution in [0.2, 0.25) is 0 Å². The highest BCUT2D eigenvalue weighted by Crippen LogP contribution is 2.46. The molecule has 196 valence electrons. The molecule has 3 amide bonds. The quantitative estimate of drug-likeness (QED) is 0.314. The van der Waals surface area contributed by atoms with Crippen molar-refractivity contribution in [2.45, 2.75) is 52.6 Å². The molecule has 36 heavy (non-hydrogen) atoms. The topological polar surface area (TPSA) is 145 Å². The lowest BCUT2D eigenvalue weighted by molar-refractivity contribution is -0.137. The molecule has 0 aromatic heterocycles. The molecular formula is C27H35NO8. The number of aryl methyl sites for hydroxylation is 2. The molecule has 1 saturated heterocycles. The molecule has 9 heteroatoms. The molecule has 4 N–H and O–H groups in total. The van der Waals surface area contributed by atoms with Gasteiger partial charge in [-0.15, -0.1) is 0 Å². The number of hydrogen-bond donors (Lipinski definition) is 4. The number of amides is 3. The highest BCUT2D eigenvalue weighted by atomic mass is 16.5. The SMILES string of the molecule is CC/C(=C\c1cc(C)c(O)c(C)c1)CC[C@@H](O)C1=C(CO)C[C@H]2C(=O)N(C(=O)OC)C(=O)[C@H]2[C@H]1CO. The third-order valence-electron chi connectivity index (χ3n) is 7.37. The highest BCUT2D eigenvalue weighted by Gasteiger charge is 2.57. The van der Waals surface area contributed by atoms with Gasteiger partial charge >= 0.3 is 6.09 Å². The van der Waals surface area contributed by atoms with Crippen LogP contribution in [-0.2, 0) is 14.3 Å². The number of ether oxygens (including phenoxy) is 1. The van der Waals surface area contributed by atoms with Gasteiger partial charge in [-0.05, 0) is 79.5 Å². The number of phenolic OH excluding ortho intramolecular Hbond substituents is 1. The molecule has 0 bridgehead atoms. The standard InChI is InChI=1S/C27H35NO8/c1-5-16(10-17-8-14(2)24(32)15(3)9-17)6-7-21(31)22-18(12-29)11-19-23(20(22)13-30)26(34)28(25(19)33)27(35)36-4/h8-10,19-21,23,29-32H,5-7,11-13H2,1-4H3/b16-10+/t19-,20+,21-,23-/m1/s1. The van der Waals surface area contributed by atoms with Crippen LogP contribution in [-0.4, -0.2) is 69.7 Å². The van der Waals surface area contributed by atoms with Gasteiger partial charge < -0.3 is 25.2 Å². The number of nitrogens with zero attached hydrogens (tertiary/aromatic N) is 1. The molecule has 3 rings (SSSR count). The molecule has 0 radical (unpaired) electrons. The molecule has 0 unspecified atom stereocenters. The average molecular weight is 502 g/mol. The maximum absolute atomic E-state index is 13.0. The zero-order valence-electron chi connectivity index (χ0n) is 21.2. The first-order valence-electron chi connectivity index (χ1n) is 12.2. The maximum Gasteiger partial charge on any atom is 0.423 e. The molecule has 1 aromatic carbocycles. The fourth-order valence-electron chi connectivity index (χ4n) is 5.51. The van der Waals surface area contributed by atoms with Crippen molar-refractivity contribution in [1.29, 1.82) is 0 Å². The van der Waals surface area contributed by atoms with Crippen molar-refractivity contribution in [3.05, 3.63) is 45.5 Å². The second kappa shape index (κ2) is 11.4. The number of hydrogen-bond acceptors (Lipinski definition) is 8. The van der Waals surface area contributed by atoms with E-state index in [1.54, 1.807) is 0 Å². The monoisotopic (exact) mass is 501 g/mol. The first kappa shape index (κ1) is 27.6. The van der Waals surface area contributed by atoms with Crippen LogP contribution in [0.4, 0.5) is 4.79 Å². The first-order chi connectivity index (χ1) is 17.1. The average Bonchev–Trinajstić information content (AvgIpc) is 3.12. The minimum absolute atomic E-state index is 0.0185. The van der Waals surface area contributed by atoms with Gasteiger partial charge in [0.15, 0.2) is 0 Å². The van der Waals surface area contributed by atoms with E-state index in [-0.39, 0.29) is 18.6 Å². The molecular weight excluding hydrogens is 466 g/mol. The molecule has 0 spiro atoms. The van der Waals surface area contributed by atoms with E-state index in [0.29, 0.717) is 22.5 Å². The fraction of sp³-hybridized carbons (Fsp3) is 0.519. The lowest BCUT2D eigenvalue weighted by Crippen LogP contribution is -2.40. The van der Waals surface area contributed by atoms with Gasteiger partial charge in [0.05, 0.1) is 38.3 Å². The van der Waals surface area contributed by atoms with Crippen molar-refractivity contribution in [3.63, 3.8) is 0 Å². The van der Waals surface area contributed by atoms with E-state index in [9.17, 15) is 34.8 Å². The number of aliphatic hydroxyl groups excluding tert-OH is 3. The molecule has 9 nitrogen and oxygen atoms in total. The highest BCUT2D eigenvalue weighted by molar-refractivity contribution is 6.16. The van der Waals surface area contributed by atoms with Gasteiger partial charge in [-0.1, -0.05) is 18.6 Å². The predicted octanol–water partition coefficient (Wildman–Crippen LogP) is 2.61. The summed E-state index contributed by atoms with van der Waals surface area (Å²) in [5, 5.41) is 41.4. The van der Waals surface area contributed by atoms with Crippen LogP contribution >= 0.6 is 0 Å². The molecule has 1 aromatic rings. The smallest absolute Gasteiger partial charge is 0.423 e. The van der Waals surface area contributed by atoms with Crippen LogP contribution in [0.25, 0.3) is 6.08 Å². The largest absolute Gasteiger partial charge is 0.507 e. The number of aliphatic hydroxyl groups is 3. The Bertz CT molecular complexity index is 1080. The van der Waals surface area contributed by atoms with Gasteiger partial charge in [0.25, 0.3) is 0 Å². The first-order valence-corrected chi connectivity index (χ1v) is 12.2. The minimum Gasteiger partial charge on any atom is -0.507 e. The summed E-state index contributed by atoms with van der Waals surface area (Å²) in [5.74, 6) is -4.02. The van der Waals surface area contributed by atoms with Crippen LogP contribution in [0.3, 0.4) is 0 Å². The summed E-state index contributed by atoms with van der Waals surface area (Å²) in [6, 6.07) is 3.78. The lowest BCUT2D eigenvalue weighted by Gasteiger charge is -2.36. The second-order valence-corrected chi connectivity index (χ2v) is 9.54. The molecule has 1 aliphatic carbocycles. The number of rotatable bonds is 8. The van der Waals surface area contributed by atoms with E-state index in [0.717, 1.165) is 35.8 Å². The number of benzene rings is 1. The number of likely N-dealkylation sites (tertiary alicyclic amines) is 1. The summed E-state index contributed by atoms with van der Waals surface area (Å²) in [7, 11) is 1.07. The van der Waals surface area contributed by atoms with Gasteiger partial charge in [0.2, 0.25) is 11.8 Å². The Labute approximate surface area is 210 Å². The Morgan fingerprint density at radius 1 is 1.19 bits per heavy atom. The van der Waals surface area contributed by atoms with Crippen molar-refractivity contribution in [3.8, 4) is 5.75 Å². The van der Waals surface area contributed by atoms with Gasteiger partial charge in [-0.3, -0.25) is 9.59 Å².